The van der Waals surface area contributed by atoms with Crippen LogP contribution in [0.5, 0.6) is 11.5 Å². The highest BCUT2D eigenvalue weighted by molar-refractivity contribution is 6.02. The van der Waals surface area contributed by atoms with E-state index < -0.39 is 16.0 Å². The van der Waals surface area contributed by atoms with Gasteiger partial charge in [-0.25, -0.2) is 0 Å². The van der Waals surface area contributed by atoms with Gasteiger partial charge in [-0.05, 0) is 32.1 Å². The lowest BCUT2D eigenvalue weighted by atomic mass is 9.98. The number of nitro groups is 1. The Morgan fingerprint density at radius 3 is 2.69 bits per heavy atom. The Labute approximate surface area is 147 Å². The molecule has 1 aromatic heterocycles. The first-order valence-electron chi connectivity index (χ1n) is 8.05. The first-order chi connectivity index (χ1) is 12.2. The van der Waals surface area contributed by atoms with Crippen molar-refractivity contribution >= 4 is 33.6 Å². The van der Waals surface area contributed by atoms with Crippen LogP contribution in [0.15, 0.2) is 35.1 Å². The number of nitrogens with zero attached hydrogens (tertiary/aromatic N) is 2. The highest BCUT2D eigenvalue weighted by Crippen LogP contribution is 2.40. The molecule has 0 radical (unpaired) electrons. The number of phenols is 1. The van der Waals surface area contributed by atoms with Crippen molar-refractivity contribution in [1.82, 2.24) is 4.57 Å². The van der Waals surface area contributed by atoms with Gasteiger partial charge in [0.15, 0.2) is 0 Å². The molecule has 0 saturated carbocycles. The summed E-state index contributed by atoms with van der Waals surface area (Å²) >= 11 is 0. The van der Waals surface area contributed by atoms with Crippen LogP contribution in [0.25, 0.3) is 27.9 Å². The molecule has 2 heterocycles. The maximum Gasteiger partial charge on any atom is 0.270 e. The van der Waals surface area contributed by atoms with Gasteiger partial charge in [-0.1, -0.05) is 0 Å². The summed E-state index contributed by atoms with van der Waals surface area (Å²) in [6.07, 6.45) is 3.76. The number of phenolic OH excluding ortho intramolecular Hbond substituents is 1. The fourth-order valence-corrected chi connectivity index (χ4v) is 3.43. The van der Waals surface area contributed by atoms with E-state index in [0.29, 0.717) is 22.3 Å². The minimum Gasteiger partial charge on any atom is -0.507 e. The van der Waals surface area contributed by atoms with E-state index in [2.05, 4.69) is 0 Å². The number of benzene rings is 2. The van der Waals surface area contributed by atoms with Crippen molar-refractivity contribution in [2.24, 2.45) is 7.05 Å². The van der Waals surface area contributed by atoms with Crippen molar-refractivity contribution in [2.75, 3.05) is 0 Å². The maximum atomic E-state index is 13.0. The van der Waals surface area contributed by atoms with Crippen molar-refractivity contribution in [3.63, 3.8) is 0 Å². The normalized spacial score (nSPS) is 15.0. The Balaban J connectivity index is 2.20. The van der Waals surface area contributed by atoms with Crippen LogP contribution in [0, 0.1) is 10.1 Å². The third-order valence-electron chi connectivity index (χ3n) is 4.67. The predicted molar refractivity (Wildman–Crippen MR) is 98.8 cm³/mol. The molecule has 1 N–H and O–H groups in total. The second-order valence-electron chi connectivity index (χ2n) is 6.92. The van der Waals surface area contributed by atoms with Crippen molar-refractivity contribution < 1.29 is 14.8 Å². The first-order valence-corrected chi connectivity index (χ1v) is 8.05. The summed E-state index contributed by atoms with van der Waals surface area (Å²) in [5, 5.41) is 21.8. The number of ether oxygens (including phenoxy) is 1. The molecule has 7 nitrogen and oxygen atoms in total. The van der Waals surface area contributed by atoms with E-state index in [9.17, 15) is 20.0 Å². The number of hydrogen-bond acceptors (Lipinski definition) is 5. The molecule has 0 fully saturated rings. The van der Waals surface area contributed by atoms with Gasteiger partial charge in [0, 0.05) is 30.8 Å². The van der Waals surface area contributed by atoms with Gasteiger partial charge in [-0.3, -0.25) is 14.9 Å². The highest BCUT2D eigenvalue weighted by Gasteiger charge is 2.26. The number of nitro benzene ring substituents is 1. The Kier molecular flexibility index (Phi) is 3.15. The van der Waals surface area contributed by atoms with E-state index in [0.717, 1.165) is 0 Å². The number of hydrogen-bond donors (Lipinski definition) is 1. The van der Waals surface area contributed by atoms with Crippen LogP contribution in [-0.2, 0) is 7.05 Å². The number of rotatable bonds is 1. The van der Waals surface area contributed by atoms with Gasteiger partial charge in [0.2, 0.25) is 5.43 Å². The minimum atomic E-state index is -0.547. The van der Waals surface area contributed by atoms with Gasteiger partial charge in [0.1, 0.15) is 17.1 Å². The number of non-ortho nitro benzene ring substituents is 1. The van der Waals surface area contributed by atoms with Crippen LogP contribution >= 0.6 is 0 Å². The standard InChI is InChI=1S/C19H16N2O5/c1-19(2)7-6-11-15(26-19)9-14(22)16-17(11)20(3)13-5-4-10(21(24)25)8-12(13)18(16)23/h4-9,22H,1-3H3. The molecule has 2 aromatic carbocycles. The van der Waals surface area contributed by atoms with Crippen LogP contribution < -0.4 is 10.2 Å². The third-order valence-corrected chi connectivity index (χ3v) is 4.67. The van der Waals surface area contributed by atoms with Gasteiger partial charge >= 0.3 is 0 Å². The molecule has 3 aromatic rings. The van der Waals surface area contributed by atoms with Crippen LogP contribution in [0.3, 0.4) is 0 Å². The average Bonchev–Trinajstić information content (AvgIpc) is 2.57. The molecule has 4 rings (SSSR count). The molecule has 0 atom stereocenters. The summed E-state index contributed by atoms with van der Waals surface area (Å²) in [4.78, 5) is 23.5. The SMILES string of the molecule is Cn1c2ccc([N+](=O)[O-])cc2c(=O)c2c(O)cc3c(c21)C=CC(C)(C)O3. The zero-order chi connectivity index (χ0) is 18.8. The minimum absolute atomic E-state index is 0.118. The van der Waals surface area contributed by atoms with E-state index in [1.54, 1.807) is 17.7 Å². The summed E-state index contributed by atoms with van der Waals surface area (Å²) in [5.74, 6) is 0.276. The monoisotopic (exact) mass is 352 g/mol. The molecular formula is C19H16N2O5. The van der Waals surface area contributed by atoms with Crippen LogP contribution in [-0.4, -0.2) is 20.2 Å². The zero-order valence-electron chi connectivity index (χ0n) is 14.4. The van der Waals surface area contributed by atoms with Crippen molar-refractivity contribution in [3.05, 3.63) is 56.2 Å². The van der Waals surface area contributed by atoms with Crippen LogP contribution in [0.1, 0.15) is 19.4 Å². The van der Waals surface area contributed by atoms with Crippen molar-refractivity contribution in [3.8, 4) is 11.5 Å². The predicted octanol–water partition coefficient (Wildman–Crippen LogP) is 3.49. The zero-order valence-corrected chi connectivity index (χ0v) is 14.4. The van der Waals surface area contributed by atoms with Crippen LogP contribution in [0.2, 0.25) is 0 Å². The summed E-state index contributed by atoms with van der Waals surface area (Å²) in [7, 11) is 1.75. The highest BCUT2D eigenvalue weighted by atomic mass is 16.6. The summed E-state index contributed by atoms with van der Waals surface area (Å²) in [6.45, 7) is 3.79. The molecule has 0 saturated heterocycles. The van der Waals surface area contributed by atoms with Crippen molar-refractivity contribution in [1.29, 1.82) is 0 Å². The molecule has 0 amide bonds. The largest absolute Gasteiger partial charge is 0.507 e. The fraction of sp³-hybridized carbons (Fsp3) is 0.211. The Morgan fingerprint density at radius 1 is 1.27 bits per heavy atom. The lowest BCUT2D eigenvalue weighted by molar-refractivity contribution is -0.384. The fourth-order valence-electron chi connectivity index (χ4n) is 3.43. The molecular weight excluding hydrogens is 336 g/mol. The number of aromatic hydroxyl groups is 1. The Hall–Kier alpha value is -3.35. The van der Waals surface area contributed by atoms with E-state index in [1.165, 1.54) is 18.2 Å². The molecule has 0 unspecified atom stereocenters. The van der Waals surface area contributed by atoms with Gasteiger partial charge in [-0.2, -0.15) is 0 Å². The lowest BCUT2D eigenvalue weighted by Crippen LogP contribution is -2.28. The molecule has 0 bridgehead atoms. The maximum absolute atomic E-state index is 13.0. The molecule has 7 heteroatoms. The van der Waals surface area contributed by atoms with Gasteiger partial charge in [-0.15, -0.1) is 0 Å². The number of fused-ring (bicyclic) bond motifs is 4. The number of aromatic nitrogens is 1. The molecule has 1 aliphatic rings. The first kappa shape index (κ1) is 16.1. The third kappa shape index (κ3) is 2.17. The smallest absolute Gasteiger partial charge is 0.270 e. The molecule has 0 spiro atoms. The quantitative estimate of drug-likeness (QED) is 0.411. The van der Waals surface area contributed by atoms with E-state index in [1.807, 2.05) is 26.0 Å². The Bertz CT molecular complexity index is 1200. The van der Waals surface area contributed by atoms with E-state index in [-0.39, 0.29) is 22.2 Å². The summed E-state index contributed by atoms with van der Waals surface area (Å²) in [6, 6.07) is 5.57. The van der Waals surface area contributed by atoms with E-state index >= 15 is 0 Å². The molecule has 1 aliphatic heterocycles. The number of aryl methyl sites for hydroxylation is 1. The average molecular weight is 352 g/mol. The van der Waals surface area contributed by atoms with E-state index in [4.69, 9.17) is 4.74 Å². The second kappa shape index (κ2) is 5.08. The molecule has 26 heavy (non-hydrogen) atoms. The number of pyridine rings is 1. The van der Waals surface area contributed by atoms with Crippen LogP contribution in [0.4, 0.5) is 5.69 Å². The second-order valence-corrected chi connectivity index (χ2v) is 6.92. The lowest BCUT2D eigenvalue weighted by Gasteiger charge is -2.29. The van der Waals surface area contributed by atoms with Crippen molar-refractivity contribution in [2.45, 2.75) is 19.4 Å². The summed E-state index contributed by atoms with van der Waals surface area (Å²) < 4.78 is 7.66. The topological polar surface area (TPSA) is 94.6 Å². The summed E-state index contributed by atoms with van der Waals surface area (Å²) in [5.41, 5.74) is 0.615. The van der Waals surface area contributed by atoms with Gasteiger partial charge in [0.05, 0.1) is 26.7 Å². The molecule has 132 valence electrons. The molecule has 0 aliphatic carbocycles. The van der Waals surface area contributed by atoms with Gasteiger partial charge < -0.3 is 14.4 Å². The Morgan fingerprint density at radius 2 is 2.00 bits per heavy atom. The van der Waals surface area contributed by atoms with Gasteiger partial charge in [0.25, 0.3) is 5.69 Å².